The molecule has 41 heavy (non-hydrogen) atoms. The molecular formula is C33H30ClNO6. The van der Waals surface area contributed by atoms with Crippen LogP contribution in [0.3, 0.4) is 0 Å². The quantitative estimate of drug-likeness (QED) is 0.273. The Bertz CT molecular complexity index is 1650. The first-order chi connectivity index (χ1) is 19.9. The average Bonchev–Trinajstić information content (AvgIpc) is 3.26. The molecule has 0 saturated carbocycles. The Kier molecular flexibility index (Phi) is 8.17. The molecule has 0 radical (unpaired) electrons. The number of ether oxygens (including phenoxy) is 4. The lowest BCUT2D eigenvalue weighted by molar-refractivity contribution is 0.0935. The van der Waals surface area contributed by atoms with Crippen molar-refractivity contribution in [3.63, 3.8) is 0 Å². The van der Waals surface area contributed by atoms with E-state index < -0.39 is 6.04 Å². The highest BCUT2D eigenvalue weighted by atomic mass is 35.5. The maximum Gasteiger partial charge on any atom is 0.251 e. The minimum Gasteiger partial charge on any atom is -0.493 e. The molecule has 0 heterocycles. The molecule has 210 valence electrons. The van der Waals surface area contributed by atoms with Crippen molar-refractivity contribution in [2.24, 2.45) is 0 Å². The molecule has 0 saturated heterocycles. The predicted molar refractivity (Wildman–Crippen MR) is 160 cm³/mol. The van der Waals surface area contributed by atoms with Crippen LogP contribution >= 0.6 is 11.6 Å². The third-order valence-electron chi connectivity index (χ3n) is 7.37. The Morgan fingerprint density at radius 2 is 1.46 bits per heavy atom. The van der Waals surface area contributed by atoms with Gasteiger partial charge in [-0.15, -0.1) is 0 Å². The summed E-state index contributed by atoms with van der Waals surface area (Å²) in [5, 5.41) is 3.54. The molecule has 4 aromatic carbocycles. The van der Waals surface area contributed by atoms with Gasteiger partial charge in [-0.2, -0.15) is 0 Å². The van der Waals surface area contributed by atoms with Crippen molar-refractivity contribution < 1.29 is 23.7 Å². The third-order valence-corrected chi connectivity index (χ3v) is 7.77. The van der Waals surface area contributed by atoms with Gasteiger partial charge >= 0.3 is 0 Å². The summed E-state index contributed by atoms with van der Waals surface area (Å²) in [6.07, 6.45) is 0.949. The summed E-state index contributed by atoms with van der Waals surface area (Å²) in [6, 6.07) is 21.8. The lowest BCUT2D eigenvalue weighted by atomic mass is 9.95. The number of hydrogen-bond acceptors (Lipinski definition) is 6. The van der Waals surface area contributed by atoms with Crippen molar-refractivity contribution >= 4 is 17.5 Å². The van der Waals surface area contributed by atoms with Crippen molar-refractivity contribution in [1.29, 1.82) is 0 Å². The van der Waals surface area contributed by atoms with Crippen molar-refractivity contribution in [3.8, 4) is 45.3 Å². The molecule has 0 aliphatic heterocycles. The van der Waals surface area contributed by atoms with E-state index in [1.165, 1.54) is 34.5 Å². The van der Waals surface area contributed by atoms with Crippen LogP contribution in [0.4, 0.5) is 0 Å². The zero-order chi connectivity index (χ0) is 29.1. The molecule has 5 rings (SSSR count). The summed E-state index contributed by atoms with van der Waals surface area (Å²) < 4.78 is 22.4. The Morgan fingerprint density at radius 3 is 2.10 bits per heavy atom. The molecular weight excluding hydrogens is 542 g/mol. The smallest absolute Gasteiger partial charge is 0.251 e. The summed E-state index contributed by atoms with van der Waals surface area (Å²) in [5.41, 5.74) is 5.00. The number of methoxy groups -OCH3 is 4. The van der Waals surface area contributed by atoms with Gasteiger partial charge in [0.25, 0.3) is 5.91 Å². The fourth-order valence-corrected chi connectivity index (χ4v) is 5.73. The van der Waals surface area contributed by atoms with E-state index in [1.54, 1.807) is 24.3 Å². The molecule has 1 atom stereocenters. The van der Waals surface area contributed by atoms with Gasteiger partial charge in [-0.1, -0.05) is 60.1 Å². The fraction of sp³-hybridized carbons (Fsp3) is 0.212. The van der Waals surface area contributed by atoms with Gasteiger partial charge in [0, 0.05) is 11.1 Å². The van der Waals surface area contributed by atoms with Gasteiger partial charge < -0.3 is 24.3 Å². The second kappa shape index (κ2) is 11.9. The Balaban J connectivity index is 1.61. The molecule has 1 aliphatic carbocycles. The summed E-state index contributed by atoms with van der Waals surface area (Å²) in [5.74, 6) is 1.03. The summed E-state index contributed by atoms with van der Waals surface area (Å²) in [7, 11) is 6.01. The van der Waals surface area contributed by atoms with Gasteiger partial charge in [-0.05, 0) is 64.9 Å². The van der Waals surface area contributed by atoms with Crippen LogP contribution in [0.5, 0.6) is 23.0 Å². The van der Waals surface area contributed by atoms with Crippen LogP contribution in [0.1, 0.15) is 33.9 Å². The average molecular weight is 572 g/mol. The second-order valence-corrected chi connectivity index (χ2v) is 9.93. The maximum absolute atomic E-state index is 13.5. The van der Waals surface area contributed by atoms with Crippen molar-refractivity contribution in [2.45, 2.75) is 18.9 Å². The number of halogens is 1. The number of rotatable bonds is 7. The van der Waals surface area contributed by atoms with Crippen LogP contribution in [0, 0.1) is 0 Å². The zero-order valence-electron chi connectivity index (χ0n) is 23.2. The van der Waals surface area contributed by atoms with Gasteiger partial charge in [-0.25, -0.2) is 0 Å². The van der Waals surface area contributed by atoms with Crippen LogP contribution in [0.25, 0.3) is 22.3 Å². The van der Waals surface area contributed by atoms with Gasteiger partial charge in [0.05, 0.1) is 39.5 Å². The normalized spacial score (nSPS) is 13.7. The first-order valence-corrected chi connectivity index (χ1v) is 13.5. The number of hydrogen-bond donors (Lipinski definition) is 1. The number of nitrogens with one attached hydrogen (secondary N) is 1. The summed E-state index contributed by atoms with van der Waals surface area (Å²) >= 11 is 6.88. The molecule has 1 N–H and O–H groups in total. The standard InChI is InChI=1S/C33H30ClNO6/c1-38-27-17-15-22-24(18-26(27)36)25(16-14-23-28(22)30(39-2)32(41-4)31(40-3)29(23)34)35-33(37)21-12-10-20(11-13-21)19-8-6-5-7-9-19/h5-13,15,17-18,25H,14,16H2,1-4H3,(H,35,37)/t25-/m0/s1. The fourth-order valence-electron chi connectivity index (χ4n) is 5.37. The highest BCUT2D eigenvalue weighted by Crippen LogP contribution is 2.54. The lowest BCUT2D eigenvalue weighted by Crippen LogP contribution is -2.29. The van der Waals surface area contributed by atoms with Crippen molar-refractivity contribution in [2.75, 3.05) is 28.4 Å². The van der Waals surface area contributed by atoms with Crippen LogP contribution in [0.2, 0.25) is 5.02 Å². The number of carbonyl (C=O) groups excluding carboxylic acids is 1. The van der Waals surface area contributed by atoms with Crippen LogP contribution in [-0.4, -0.2) is 34.3 Å². The van der Waals surface area contributed by atoms with Gasteiger partial charge in [-0.3, -0.25) is 9.59 Å². The first-order valence-electron chi connectivity index (χ1n) is 13.1. The molecule has 0 spiro atoms. The number of amides is 1. The van der Waals surface area contributed by atoms with E-state index in [1.807, 2.05) is 42.5 Å². The molecule has 4 aromatic rings. The second-order valence-electron chi connectivity index (χ2n) is 9.55. The van der Waals surface area contributed by atoms with Gasteiger partial charge in [0.2, 0.25) is 11.2 Å². The first kappa shape index (κ1) is 28.1. The van der Waals surface area contributed by atoms with Gasteiger partial charge in [0.1, 0.15) is 0 Å². The highest BCUT2D eigenvalue weighted by Gasteiger charge is 2.32. The van der Waals surface area contributed by atoms with Crippen LogP contribution in [0.15, 0.2) is 77.6 Å². The van der Waals surface area contributed by atoms with E-state index in [0.717, 1.165) is 16.7 Å². The van der Waals surface area contributed by atoms with E-state index in [2.05, 4.69) is 5.32 Å². The third kappa shape index (κ3) is 5.21. The zero-order valence-corrected chi connectivity index (χ0v) is 24.0. The van der Waals surface area contributed by atoms with Crippen LogP contribution in [-0.2, 0) is 6.42 Å². The topological polar surface area (TPSA) is 83.1 Å². The molecule has 1 aliphatic rings. The summed E-state index contributed by atoms with van der Waals surface area (Å²) in [6.45, 7) is 0. The molecule has 1 amide bonds. The van der Waals surface area contributed by atoms with E-state index >= 15 is 0 Å². The SMILES string of the molecule is COc1c(Cl)c2c(c(OC)c1OC)-c1ccc(OC)c(=O)cc1[C@@H](NC(=O)c1ccc(-c3ccccc3)cc1)CC2. The molecule has 7 nitrogen and oxygen atoms in total. The number of carbonyl (C=O) groups is 1. The number of benzene rings is 3. The Labute approximate surface area is 243 Å². The van der Waals surface area contributed by atoms with Gasteiger partial charge in [0.15, 0.2) is 17.2 Å². The molecule has 0 aromatic heterocycles. The highest BCUT2D eigenvalue weighted by molar-refractivity contribution is 6.34. The van der Waals surface area contributed by atoms with Crippen molar-refractivity contribution in [1.82, 2.24) is 5.32 Å². The molecule has 0 fully saturated rings. The monoisotopic (exact) mass is 571 g/mol. The Hall–Kier alpha value is -4.49. The van der Waals surface area contributed by atoms with E-state index in [-0.39, 0.29) is 17.1 Å². The number of fused-ring (bicyclic) bond motifs is 3. The lowest BCUT2D eigenvalue weighted by Gasteiger charge is -2.21. The molecule has 0 unspecified atom stereocenters. The minimum absolute atomic E-state index is 0.173. The molecule has 0 bridgehead atoms. The Morgan fingerprint density at radius 1 is 0.805 bits per heavy atom. The van der Waals surface area contributed by atoms with E-state index in [4.69, 9.17) is 30.5 Å². The predicted octanol–water partition coefficient (Wildman–Crippen LogP) is 6.49. The van der Waals surface area contributed by atoms with E-state index in [0.29, 0.717) is 57.4 Å². The largest absolute Gasteiger partial charge is 0.493 e. The maximum atomic E-state index is 13.5. The van der Waals surface area contributed by atoms with Crippen LogP contribution < -0.4 is 29.7 Å². The minimum atomic E-state index is -0.513. The molecule has 8 heteroatoms. The van der Waals surface area contributed by atoms with Crippen molar-refractivity contribution in [3.05, 3.63) is 105 Å². The summed E-state index contributed by atoms with van der Waals surface area (Å²) in [4.78, 5) is 26.7. The van der Waals surface area contributed by atoms with E-state index in [9.17, 15) is 9.59 Å².